The Morgan fingerprint density at radius 3 is 1.91 bits per heavy atom. The van der Waals surface area contributed by atoms with Gasteiger partial charge in [0, 0.05) is 0 Å². The molecule has 0 aliphatic heterocycles. The molecule has 2 N–H and O–H groups in total. The van der Waals surface area contributed by atoms with E-state index in [2.05, 4.69) is 34.7 Å². The highest BCUT2D eigenvalue weighted by atomic mass is 16.3. The standard InChI is InChI=1S/C19H24N2O/c22-19-15-9-3-8-14-18(19)20-21(16-10-4-1-5-11-16)17-12-6-2-7-13-17/h1-2,4-7,10-13,18-20,22H,3,8-9,14-15H2/t18-,19+/m0/s1. The summed E-state index contributed by atoms with van der Waals surface area (Å²) in [5.41, 5.74) is 5.74. The number of anilines is 2. The minimum atomic E-state index is -0.280. The first kappa shape index (κ1) is 15.1. The van der Waals surface area contributed by atoms with Gasteiger partial charge in [0.05, 0.1) is 23.5 Å². The molecule has 3 nitrogen and oxygen atoms in total. The molecule has 22 heavy (non-hydrogen) atoms. The Labute approximate surface area is 132 Å². The smallest absolute Gasteiger partial charge is 0.0711 e. The number of nitrogens with one attached hydrogen (secondary N) is 1. The van der Waals surface area contributed by atoms with Crippen molar-refractivity contribution in [3.05, 3.63) is 60.7 Å². The van der Waals surface area contributed by atoms with Gasteiger partial charge in [-0.05, 0) is 37.1 Å². The molecule has 0 unspecified atom stereocenters. The van der Waals surface area contributed by atoms with Crippen molar-refractivity contribution in [1.82, 2.24) is 5.43 Å². The highest BCUT2D eigenvalue weighted by Gasteiger charge is 2.24. The monoisotopic (exact) mass is 296 g/mol. The van der Waals surface area contributed by atoms with Gasteiger partial charge in [0.25, 0.3) is 0 Å². The van der Waals surface area contributed by atoms with E-state index in [4.69, 9.17) is 0 Å². The van der Waals surface area contributed by atoms with E-state index < -0.39 is 0 Å². The number of aliphatic hydroxyl groups is 1. The average Bonchev–Trinajstić information content (AvgIpc) is 2.78. The van der Waals surface area contributed by atoms with Gasteiger partial charge >= 0.3 is 0 Å². The van der Waals surface area contributed by atoms with Crippen molar-refractivity contribution in [2.45, 2.75) is 44.2 Å². The van der Waals surface area contributed by atoms with Crippen molar-refractivity contribution >= 4 is 11.4 Å². The summed E-state index contributed by atoms with van der Waals surface area (Å²) in [5.74, 6) is 0. The molecular weight excluding hydrogens is 272 g/mol. The molecule has 1 aliphatic rings. The topological polar surface area (TPSA) is 35.5 Å². The normalized spacial score (nSPS) is 22.0. The maximum absolute atomic E-state index is 10.4. The van der Waals surface area contributed by atoms with E-state index in [1.807, 2.05) is 36.4 Å². The zero-order chi connectivity index (χ0) is 15.2. The largest absolute Gasteiger partial charge is 0.391 e. The number of nitrogens with zero attached hydrogens (tertiary/aromatic N) is 1. The third kappa shape index (κ3) is 3.67. The Morgan fingerprint density at radius 1 is 0.773 bits per heavy atom. The van der Waals surface area contributed by atoms with Gasteiger partial charge in [-0.25, -0.2) is 5.43 Å². The minimum absolute atomic E-state index is 0.0999. The number of hydrazine groups is 1. The van der Waals surface area contributed by atoms with E-state index in [0.717, 1.165) is 30.6 Å². The van der Waals surface area contributed by atoms with Crippen LogP contribution in [0.5, 0.6) is 0 Å². The highest BCUT2D eigenvalue weighted by molar-refractivity contribution is 5.61. The van der Waals surface area contributed by atoms with Crippen LogP contribution in [0, 0.1) is 0 Å². The lowest BCUT2D eigenvalue weighted by molar-refractivity contribution is 0.120. The van der Waals surface area contributed by atoms with Crippen LogP contribution in [0.1, 0.15) is 32.1 Å². The van der Waals surface area contributed by atoms with E-state index in [0.29, 0.717) is 0 Å². The average molecular weight is 296 g/mol. The van der Waals surface area contributed by atoms with E-state index in [1.54, 1.807) is 0 Å². The summed E-state index contributed by atoms with van der Waals surface area (Å²) in [6.45, 7) is 0. The third-order valence-corrected chi connectivity index (χ3v) is 4.30. The first-order chi connectivity index (χ1) is 10.8. The van der Waals surface area contributed by atoms with Crippen LogP contribution in [0.15, 0.2) is 60.7 Å². The Balaban J connectivity index is 1.85. The molecular formula is C19H24N2O. The molecule has 0 saturated heterocycles. The molecule has 0 amide bonds. The van der Waals surface area contributed by atoms with E-state index in [9.17, 15) is 5.11 Å². The summed E-state index contributed by atoms with van der Waals surface area (Å²) < 4.78 is 0. The van der Waals surface area contributed by atoms with Crippen LogP contribution < -0.4 is 10.4 Å². The number of rotatable bonds is 4. The number of hydrogen-bond acceptors (Lipinski definition) is 3. The summed E-state index contributed by atoms with van der Waals surface area (Å²) in [6, 6.07) is 20.6. The van der Waals surface area contributed by atoms with E-state index >= 15 is 0 Å². The Kier molecular flexibility index (Phi) is 5.09. The predicted molar refractivity (Wildman–Crippen MR) is 91.0 cm³/mol. The fourth-order valence-electron chi connectivity index (χ4n) is 3.06. The van der Waals surface area contributed by atoms with Crippen molar-refractivity contribution in [1.29, 1.82) is 0 Å². The molecule has 0 radical (unpaired) electrons. The Hall–Kier alpha value is -1.84. The Morgan fingerprint density at radius 2 is 1.32 bits per heavy atom. The van der Waals surface area contributed by atoms with Gasteiger partial charge in [-0.1, -0.05) is 55.7 Å². The summed E-state index contributed by atoms with van der Waals surface area (Å²) in [6.07, 6.45) is 5.12. The lowest BCUT2D eigenvalue weighted by atomic mass is 10.1. The van der Waals surface area contributed by atoms with Crippen molar-refractivity contribution in [2.75, 3.05) is 5.01 Å². The van der Waals surface area contributed by atoms with Gasteiger partial charge in [0.15, 0.2) is 0 Å². The molecule has 0 bridgehead atoms. The second-order valence-electron chi connectivity index (χ2n) is 5.95. The van der Waals surface area contributed by atoms with E-state index in [1.165, 1.54) is 12.8 Å². The molecule has 2 aromatic carbocycles. The summed E-state index contributed by atoms with van der Waals surface area (Å²) in [7, 11) is 0. The second-order valence-corrected chi connectivity index (χ2v) is 5.95. The lowest BCUT2D eigenvalue weighted by Gasteiger charge is -2.32. The molecule has 1 saturated carbocycles. The molecule has 2 aromatic rings. The SMILES string of the molecule is O[C@@H]1CCCCC[C@@H]1NN(c1ccccc1)c1ccccc1. The molecule has 1 aliphatic carbocycles. The molecule has 3 heteroatoms. The molecule has 0 heterocycles. The number of benzene rings is 2. The van der Waals surface area contributed by atoms with Gasteiger partial charge in [0.2, 0.25) is 0 Å². The summed E-state index contributed by atoms with van der Waals surface area (Å²) in [4.78, 5) is 0. The summed E-state index contributed by atoms with van der Waals surface area (Å²) in [5, 5.41) is 12.5. The maximum Gasteiger partial charge on any atom is 0.0711 e. The second kappa shape index (κ2) is 7.43. The molecule has 0 aromatic heterocycles. The van der Waals surface area contributed by atoms with Gasteiger partial charge in [-0.3, -0.25) is 5.01 Å². The molecule has 2 atom stereocenters. The maximum atomic E-state index is 10.4. The van der Waals surface area contributed by atoms with Crippen LogP contribution in [0.4, 0.5) is 11.4 Å². The van der Waals surface area contributed by atoms with Gasteiger partial charge in [0.1, 0.15) is 0 Å². The van der Waals surface area contributed by atoms with Crippen molar-refractivity contribution in [3.8, 4) is 0 Å². The molecule has 0 spiro atoms. The van der Waals surface area contributed by atoms with Crippen molar-refractivity contribution < 1.29 is 5.11 Å². The highest BCUT2D eigenvalue weighted by Crippen LogP contribution is 2.25. The van der Waals surface area contributed by atoms with Crippen LogP contribution in [0.2, 0.25) is 0 Å². The first-order valence-corrected chi connectivity index (χ1v) is 8.19. The van der Waals surface area contributed by atoms with Gasteiger partial charge < -0.3 is 5.11 Å². The number of hydrogen-bond donors (Lipinski definition) is 2. The quantitative estimate of drug-likeness (QED) is 0.660. The lowest BCUT2D eigenvalue weighted by Crippen LogP contribution is -2.47. The fraction of sp³-hybridized carbons (Fsp3) is 0.368. The van der Waals surface area contributed by atoms with E-state index in [-0.39, 0.29) is 12.1 Å². The predicted octanol–water partition coefficient (Wildman–Crippen LogP) is 4.02. The Bertz CT molecular complexity index is 519. The third-order valence-electron chi connectivity index (χ3n) is 4.30. The zero-order valence-corrected chi connectivity index (χ0v) is 12.9. The minimum Gasteiger partial charge on any atom is -0.391 e. The van der Waals surface area contributed by atoms with Crippen LogP contribution in [-0.2, 0) is 0 Å². The zero-order valence-electron chi connectivity index (χ0n) is 12.9. The van der Waals surface area contributed by atoms with Gasteiger partial charge in [-0.15, -0.1) is 0 Å². The first-order valence-electron chi connectivity index (χ1n) is 8.19. The number of para-hydroxylation sites is 2. The number of aliphatic hydroxyl groups excluding tert-OH is 1. The molecule has 116 valence electrons. The molecule has 1 fully saturated rings. The van der Waals surface area contributed by atoms with Crippen molar-refractivity contribution in [3.63, 3.8) is 0 Å². The van der Waals surface area contributed by atoms with Crippen LogP contribution in [-0.4, -0.2) is 17.3 Å². The summed E-state index contributed by atoms with van der Waals surface area (Å²) >= 11 is 0. The molecule has 3 rings (SSSR count). The van der Waals surface area contributed by atoms with Crippen LogP contribution in [0.25, 0.3) is 0 Å². The van der Waals surface area contributed by atoms with Crippen LogP contribution >= 0.6 is 0 Å². The van der Waals surface area contributed by atoms with Crippen molar-refractivity contribution in [2.24, 2.45) is 0 Å². The fourth-order valence-corrected chi connectivity index (χ4v) is 3.06. The van der Waals surface area contributed by atoms with Gasteiger partial charge in [-0.2, -0.15) is 0 Å². The van der Waals surface area contributed by atoms with Crippen LogP contribution in [0.3, 0.4) is 0 Å².